The smallest absolute Gasteiger partial charge is 0.242 e. The molecule has 0 aromatic carbocycles. The van der Waals surface area contributed by atoms with Gasteiger partial charge in [0, 0.05) is 19.0 Å². The molecule has 0 spiro atoms. The van der Waals surface area contributed by atoms with Crippen LogP contribution in [0.5, 0.6) is 0 Å². The van der Waals surface area contributed by atoms with E-state index in [1.165, 1.54) is 7.11 Å². The Hall–Kier alpha value is -0.980. The van der Waals surface area contributed by atoms with Gasteiger partial charge in [0.05, 0.1) is 23.4 Å². The predicted octanol–water partition coefficient (Wildman–Crippen LogP) is 1.51. The normalized spacial score (nSPS) is 14.2. The molecule has 1 aromatic rings. The molecule has 2 N–H and O–H groups in total. The van der Waals surface area contributed by atoms with Crippen LogP contribution in [0.3, 0.4) is 0 Å². The van der Waals surface area contributed by atoms with E-state index in [2.05, 4.69) is 11.9 Å². The van der Waals surface area contributed by atoms with Crippen molar-refractivity contribution in [3.8, 4) is 0 Å². The summed E-state index contributed by atoms with van der Waals surface area (Å²) in [4.78, 5) is 19.4. The van der Waals surface area contributed by atoms with Crippen molar-refractivity contribution in [2.24, 2.45) is 5.73 Å². The summed E-state index contributed by atoms with van der Waals surface area (Å²) in [7, 11) is 3.31. The predicted molar refractivity (Wildman–Crippen MR) is 77.3 cm³/mol. The highest BCUT2D eigenvalue weighted by molar-refractivity contribution is 7.11. The second-order valence-electron chi connectivity index (χ2n) is 4.60. The number of nitrogens with two attached hydrogens (primary N) is 1. The minimum Gasteiger partial charge on any atom is -0.383 e. The maximum Gasteiger partial charge on any atom is 0.242 e. The fourth-order valence-electron chi connectivity index (χ4n) is 1.88. The van der Waals surface area contributed by atoms with Gasteiger partial charge in [-0.1, -0.05) is 6.92 Å². The van der Waals surface area contributed by atoms with Gasteiger partial charge in [-0.25, -0.2) is 4.98 Å². The van der Waals surface area contributed by atoms with Gasteiger partial charge in [-0.2, -0.15) is 0 Å². The number of hydrogen-bond donors (Lipinski definition) is 1. The van der Waals surface area contributed by atoms with Crippen molar-refractivity contribution >= 4 is 17.2 Å². The van der Waals surface area contributed by atoms with Crippen LogP contribution in [0.25, 0.3) is 0 Å². The van der Waals surface area contributed by atoms with Crippen molar-refractivity contribution < 1.29 is 9.53 Å². The zero-order chi connectivity index (χ0) is 14.6. The first-order valence-electron chi connectivity index (χ1n) is 6.39. The Morgan fingerprint density at radius 1 is 1.58 bits per heavy atom. The van der Waals surface area contributed by atoms with Crippen LogP contribution in [0.4, 0.5) is 0 Å². The largest absolute Gasteiger partial charge is 0.383 e. The van der Waals surface area contributed by atoms with Crippen molar-refractivity contribution in [2.75, 3.05) is 20.8 Å². The summed E-state index contributed by atoms with van der Waals surface area (Å²) in [5.74, 6) is -0.111. The zero-order valence-corrected chi connectivity index (χ0v) is 13.1. The van der Waals surface area contributed by atoms with Crippen molar-refractivity contribution in [1.82, 2.24) is 9.88 Å². The highest BCUT2D eigenvalue weighted by atomic mass is 32.1. The number of rotatable bonds is 6. The molecule has 0 fully saturated rings. The first-order valence-corrected chi connectivity index (χ1v) is 7.21. The van der Waals surface area contributed by atoms with Crippen LogP contribution in [-0.2, 0) is 16.0 Å². The van der Waals surface area contributed by atoms with Gasteiger partial charge in [0.25, 0.3) is 0 Å². The van der Waals surface area contributed by atoms with E-state index in [1.807, 2.05) is 13.8 Å². The van der Waals surface area contributed by atoms with Gasteiger partial charge in [0.1, 0.15) is 6.04 Å². The van der Waals surface area contributed by atoms with Gasteiger partial charge in [-0.15, -0.1) is 11.3 Å². The number of ether oxygens (including phenoxy) is 1. The number of hydrogen-bond acceptors (Lipinski definition) is 5. The second kappa shape index (κ2) is 6.98. The maximum atomic E-state index is 12.1. The molecule has 2 atom stereocenters. The quantitative estimate of drug-likeness (QED) is 0.860. The Labute approximate surface area is 118 Å². The monoisotopic (exact) mass is 285 g/mol. The molecule has 0 saturated heterocycles. The number of methoxy groups -OCH3 is 1. The fraction of sp³-hybridized carbons (Fsp3) is 0.692. The number of aromatic nitrogens is 1. The lowest BCUT2D eigenvalue weighted by Crippen LogP contribution is -2.45. The van der Waals surface area contributed by atoms with Crippen LogP contribution in [0.2, 0.25) is 0 Å². The number of aryl methyl sites for hydroxylation is 2. The second-order valence-corrected chi connectivity index (χ2v) is 5.71. The molecular formula is C13H23N3O2S. The van der Waals surface area contributed by atoms with Crippen molar-refractivity contribution in [2.45, 2.75) is 39.3 Å². The summed E-state index contributed by atoms with van der Waals surface area (Å²) in [6.07, 6.45) is 0.916. The average molecular weight is 285 g/mol. The topological polar surface area (TPSA) is 68.5 Å². The van der Waals surface area contributed by atoms with E-state index in [0.29, 0.717) is 0 Å². The molecule has 5 nitrogen and oxygen atoms in total. The van der Waals surface area contributed by atoms with Gasteiger partial charge in [-0.05, 0) is 20.3 Å². The highest BCUT2D eigenvalue weighted by Gasteiger charge is 2.25. The SMILES string of the molecule is CCc1nc(C)c(C(C)N(C)C(=O)C(N)COC)s1. The van der Waals surface area contributed by atoms with Crippen LogP contribution in [0.15, 0.2) is 0 Å². The molecule has 0 aliphatic heterocycles. The Morgan fingerprint density at radius 2 is 2.21 bits per heavy atom. The van der Waals surface area contributed by atoms with E-state index in [1.54, 1.807) is 23.3 Å². The fourth-order valence-corrected chi connectivity index (χ4v) is 2.99. The minimum absolute atomic E-state index is 0.0202. The number of thiazole rings is 1. The molecule has 2 unspecified atom stereocenters. The maximum absolute atomic E-state index is 12.1. The summed E-state index contributed by atoms with van der Waals surface area (Å²) in [5.41, 5.74) is 6.78. The molecule has 1 aromatic heterocycles. The van der Waals surface area contributed by atoms with Crippen LogP contribution in [-0.4, -0.2) is 42.6 Å². The van der Waals surface area contributed by atoms with E-state index < -0.39 is 6.04 Å². The summed E-state index contributed by atoms with van der Waals surface area (Å²) in [6, 6.07) is -0.635. The van der Waals surface area contributed by atoms with Crippen LogP contribution in [0.1, 0.15) is 35.5 Å². The molecule has 0 radical (unpaired) electrons. The first-order chi connectivity index (χ1) is 8.92. The van der Waals surface area contributed by atoms with Crippen LogP contribution in [0, 0.1) is 6.92 Å². The lowest BCUT2D eigenvalue weighted by Gasteiger charge is -2.27. The molecule has 108 valence electrons. The molecule has 0 aliphatic carbocycles. The van der Waals surface area contributed by atoms with Gasteiger partial charge < -0.3 is 15.4 Å². The van der Waals surface area contributed by atoms with Gasteiger partial charge in [0.15, 0.2) is 0 Å². The Morgan fingerprint density at radius 3 is 2.68 bits per heavy atom. The van der Waals surface area contributed by atoms with Crippen molar-refractivity contribution in [3.63, 3.8) is 0 Å². The standard InChI is InChI=1S/C13H23N3O2S/c1-6-11-15-8(2)12(19-11)9(3)16(4)13(17)10(14)7-18-5/h9-10H,6-7,14H2,1-5H3. The summed E-state index contributed by atoms with van der Waals surface area (Å²) in [5, 5.41) is 1.10. The average Bonchev–Trinajstić information content (AvgIpc) is 2.77. The third-order valence-corrected chi connectivity index (χ3v) is 4.62. The molecular weight excluding hydrogens is 262 g/mol. The Kier molecular flexibility index (Phi) is 5.90. The minimum atomic E-state index is -0.615. The summed E-state index contributed by atoms with van der Waals surface area (Å²) < 4.78 is 4.92. The summed E-state index contributed by atoms with van der Waals surface area (Å²) in [6.45, 7) is 6.29. The molecule has 0 bridgehead atoms. The molecule has 1 rings (SSSR count). The van der Waals surface area contributed by atoms with E-state index in [-0.39, 0.29) is 18.6 Å². The molecule has 19 heavy (non-hydrogen) atoms. The van der Waals surface area contributed by atoms with Crippen molar-refractivity contribution in [3.05, 3.63) is 15.6 Å². The first kappa shape index (κ1) is 16.1. The van der Waals surface area contributed by atoms with E-state index in [4.69, 9.17) is 10.5 Å². The van der Waals surface area contributed by atoms with Crippen LogP contribution >= 0.6 is 11.3 Å². The lowest BCUT2D eigenvalue weighted by molar-refractivity contribution is -0.134. The summed E-state index contributed by atoms with van der Waals surface area (Å²) >= 11 is 1.66. The van der Waals surface area contributed by atoms with Gasteiger partial charge in [-0.3, -0.25) is 4.79 Å². The number of carbonyl (C=O) groups is 1. The van der Waals surface area contributed by atoms with Crippen molar-refractivity contribution in [1.29, 1.82) is 0 Å². The molecule has 0 aliphatic rings. The highest BCUT2D eigenvalue weighted by Crippen LogP contribution is 2.29. The van der Waals surface area contributed by atoms with E-state index >= 15 is 0 Å². The van der Waals surface area contributed by atoms with E-state index in [0.717, 1.165) is 22.0 Å². The third kappa shape index (κ3) is 3.75. The van der Waals surface area contributed by atoms with Crippen LogP contribution < -0.4 is 5.73 Å². The number of nitrogens with zero attached hydrogens (tertiary/aromatic N) is 2. The van der Waals surface area contributed by atoms with E-state index in [9.17, 15) is 4.79 Å². The zero-order valence-electron chi connectivity index (χ0n) is 12.3. The molecule has 0 saturated carbocycles. The number of likely N-dealkylation sites (N-methyl/N-ethyl adjacent to an activating group) is 1. The molecule has 1 amide bonds. The number of amides is 1. The van der Waals surface area contributed by atoms with Gasteiger partial charge >= 0.3 is 0 Å². The number of carbonyl (C=O) groups excluding carboxylic acids is 1. The lowest BCUT2D eigenvalue weighted by atomic mass is 10.2. The Balaban J connectivity index is 2.83. The molecule has 6 heteroatoms. The molecule has 1 heterocycles. The third-order valence-electron chi connectivity index (χ3n) is 3.15. The Bertz CT molecular complexity index is 434. The van der Waals surface area contributed by atoms with Gasteiger partial charge in [0.2, 0.25) is 5.91 Å².